The van der Waals surface area contributed by atoms with E-state index in [1.807, 2.05) is 36.4 Å². The van der Waals surface area contributed by atoms with Crippen molar-refractivity contribution in [3.63, 3.8) is 0 Å². The molecule has 0 saturated heterocycles. The van der Waals surface area contributed by atoms with Crippen molar-refractivity contribution in [3.8, 4) is 5.82 Å². The maximum absolute atomic E-state index is 12.6. The molecule has 3 aromatic rings. The van der Waals surface area contributed by atoms with E-state index in [1.54, 1.807) is 23.0 Å². The predicted molar refractivity (Wildman–Crippen MR) is 102 cm³/mol. The zero-order valence-corrected chi connectivity index (χ0v) is 15.9. The normalized spacial score (nSPS) is 11.4. The number of anilines is 1. The van der Waals surface area contributed by atoms with Crippen LogP contribution in [0.25, 0.3) is 5.82 Å². The van der Waals surface area contributed by atoms with Gasteiger partial charge in [-0.2, -0.15) is 9.78 Å². The zero-order valence-electron chi connectivity index (χ0n) is 14.3. The van der Waals surface area contributed by atoms with E-state index in [0.717, 1.165) is 10.2 Å². The third-order valence-electron chi connectivity index (χ3n) is 3.69. The maximum atomic E-state index is 12.6. The molecule has 6 heteroatoms. The lowest BCUT2D eigenvalue weighted by molar-refractivity contribution is 0.102. The van der Waals surface area contributed by atoms with Gasteiger partial charge in [0.2, 0.25) is 0 Å². The number of rotatable bonds is 3. The van der Waals surface area contributed by atoms with Gasteiger partial charge >= 0.3 is 0 Å². The Bertz CT molecular complexity index is 880. The predicted octanol–water partition coefficient (Wildman–Crippen LogP) is 4.58. The highest BCUT2D eigenvalue weighted by molar-refractivity contribution is 9.10. The Morgan fingerprint density at radius 3 is 2.44 bits per heavy atom. The summed E-state index contributed by atoms with van der Waals surface area (Å²) < 4.78 is 2.59. The summed E-state index contributed by atoms with van der Waals surface area (Å²) in [6, 6.07) is 14.7. The fraction of sp³-hybridized carbons (Fsp3) is 0.211. The SMILES string of the molecule is CC(C)(C)c1cc(NC(=O)c2ccc(Br)cc2)n(-c2ccccn2)n1. The van der Waals surface area contributed by atoms with Crippen LogP contribution in [0.3, 0.4) is 0 Å². The number of carbonyl (C=O) groups excluding carboxylic acids is 1. The molecule has 2 aromatic heterocycles. The minimum atomic E-state index is -0.190. The summed E-state index contributed by atoms with van der Waals surface area (Å²) in [6.45, 7) is 6.25. The maximum Gasteiger partial charge on any atom is 0.256 e. The molecule has 0 saturated carbocycles. The molecule has 0 aliphatic carbocycles. The molecule has 1 aromatic carbocycles. The molecule has 0 unspecified atom stereocenters. The molecule has 5 nitrogen and oxygen atoms in total. The van der Waals surface area contributed by atoms with Crippen molar-refractivity contribution in [2.24, 2.45) is 0 Å². The van der Waals surface area contributed by atoms with Gasteiger partial charge in [0.05, 0.1) is 5.69 Å². The second-order valence-corrected chi connectivity index (χ2v) is 7.64. The van der Waals surface area contributed by atoms with Crippen molar-refractivity contribution in [1.82, 2.24) is 14.8 Å². The van der Waals surface area contributed by atoms with Gasteiger partial charge in [-0.25, -0.2) is 4.98 Å². The van der Waals surface area contributed by atoms with Crippen LogP contribution in [-0.4, -0.2) is 20.7 Å². The smallest absolute Gasteiger partial charge is 0.256 e. The molecule has 128 valence electrons. The third-order valence-corrected chi connectivity index (χ3v) is 4.22. The summed E-state index contributed by atoms with van der Waals surface area (Å²) >= 11 is 3.37. The lowest BCUT2D eigenvalue weighted by Crippen LogP contribution is -2.15. The van der Waals surface area contributed by atoms with E-state index in [1.165, 1.54) is 0 Å². The summed E-state index contributed by atoms with van der Waals surface area (Å²) in [6.07, 6.45) is 1.70. The topological polar surface area (TPSA) is 59.8 Å². The highest BCUT2D eigenvalue weighted by Gasteiger charge is 2.22. The first kappa shape index (κ1) is 17.4. The Morgan fingerprint density at radius 2 is 1.84 bits per heavy atom. The Kier molecular flexibility index (Phi) is 4.72. The molecule has 0 bridgehead atoms. The average molecular weight is 399 g/mol. The molecular formula is C19H19BrN4O. The van der Waals surface area contributed by atoms with Gasteiger partial charge in [-0.15, -0.1) is 0 Å². The van der Waals surface area contributed by atoms with Crippen LogP contribution in [0, 0.1) is 0 Å². The Labute approximate surface area is 155 Å². The van der Waals surface area contributed by atoms with Gasteiger partial charge in [0, 0.05) is 27.7 Å². The highest BCUT2D eigenvalue weighted by Crippen LogP contribution is 2.26. The fourth-order valence-electron chi connectivity index (χ4n) is 2.28. The molecule has 2 heterocycles. The van der Waals surface area contributed by atoms with Gasteiger partial charge in [0.25, 0.3) is 5.91 Å². The van der Waals surface area contributed by atoms with E-state index in [4.69, 9.17) is 0 Å². The summed E-state index contributed by atoms with van der Waals surface area (Å²) in [5.41, 5.74) is 1.32. The van der Waals surface area contributed by atoms with Gasteiger partial charge in [-0.3, -0.25) is 4.79 Å². The van der Waals surface area contributed by atoms with E-state index in [0.29, 0.717) is 17.2 Å². The number of benzene rings is 1. The summed E-state index contributed by atoms with van der Waals surface area (Å²) in [5, 5.41) is 7.59. The van der Waals surface area contributed by atoms with E-state index in [9.17, 15) is 4.79 Å². The zero-order chi connectivity index (χ0) is 18.0. The van der Waals surface area contributed by atoms with Gasteiger partial charge in [-0.05, 0) is 36.4 Å². The number of aromatic nitrogens is 3. The summed E-state index contributed by atoms with van der Waals surface area (Å²) in [5.74, 6) is 1.06. The number of pyridine rings is 1. The third kappa shape index (κ3) is 3.96. The first-order valence-electron chi connectivity index (χ1n) is 7.93. The second kappa shape index (κ2) is 6.80. The van der Waals surface area contributed by atoms with Crippen molar-refractivity contribution in [2.45, 2.75) is 26.2 Å². The van der Waals surface area contributed by atoms with Crippen LogP contribution < -0.4 is 5.32 Å². The quantitative estimate of drug-likeness (QED) is 0.702. The largest absolute Gasteiger partial charge is 0.306 e. The number of amides is 1. The van der Waals surface area contributed by atoms with Crippen LogP contribution in [0.5, 0.6) is 0 Å². The van der Waals surface area contributed by atoms with Crippen LogP contribution in [-0.2, 0) is 5.41 Å². The molecule has 1 N–H and O–H groups in total. The molecule has 0 spiro atoms. The van der Waals surface area contributed by atoms with E-state index in [2.05, 4.69) is 52.1 Å². The molecule has 25 heavy (non-hydrogen) atoms. The van der Waals surface area contributed by atoms with Crippen molar-refractivity contribution in [2.75, 3.05) is 5.32 Å². The van der Waals surface area contributed by atoms with Gasteiger partial charge in [0.15, 0.2) is 5.82 Å². The van der Waals surface area contributed by atoms with E-state index in [-0.39, 0.29) is 11.3 Å². The number of carbonyl (C=O) groups is 1. The number of hydrogen-bond acceptors (Lipinski definition) is 3. The van der Waals surface area contributed by atoms with E-state index < -0.39 is 0 Å². The summed E-state index contributed by atoms with van der Waals surface area (Å²) in [7, 11) is 0. The minimum absolute atomic E-state index is 0.142. The van der Waals surface area contributed by atoms with Crippen LogP contribution >= 0.6 is 15.9 Å². The number of halogens is 1. The fourth-order valence-corrected chi connectivity index (χ4v) is 2.54. The molecule has 0 atom stereocenters. The van der Waals surface area contributed by atoms with Crippen LogP contribution in [0.15, 0.2) is 59.2 Å². The molecule has 1 amide bonds. The van der Waals surface area contributed by atoms with Crippen molar-refractivity contribution in [1.29, 1.82) is 0 Å². The van der Waals surface area contributed by atoms with Crippen LogP contribution in [0.2, 0.25) is 0 Å². The molecule has 0 aliphatic heterocycles. The Balaban J connectivity index is 1.98. The second-order valence-electron chi connectivity index (χ2n) is 6.73. The van der Waals surface area contributed by atoms with Gasteiger partial charge in [-0.1, -0.05) is 42.8 Å². The van der Waals surface area contributed by atoms with Crippen molar-refractivity contribution < 1.29 is 4.79 Å². The number of nitrogens with one attached hydrogen (secondary N) is 1. The molecule has 3 rings (SSSR count). The monoisotopic (exact) mass is 398 g/mol. The number of hydrogen-bond donors (Lipinski definition) is 1. The Morgan fingerprint density at radius 1 is 1.12 bits per heavy atom. The minimum Gasteiger partial charge on any atom is -0.306 e. The Hall–Kier alpha value is -2.47. The van der Waals surface area contributed by atoms with Crippen LogP contribution in [0.4, 0.5) is 5.82 Å². The molecule has 0 radical (unpaired) electrons. The van der Waals surface area contributed by atoms with Crippen molar-refractivity contribution >= 4 is 27.7 Å². The lowest BCUT2D eigenvalue weighted by atomic mass is 9.92. The first-order valence-corrected chi connectivity index (χ1v) is 8.73. The van der Waals surface area contributed by atoms with Gasteiger partial charge < -0.3 is 5.32 Å². The first-order chi connectivity index (χ1) is 11.8. The highest BCUT2D eigenvalue weighted by atomic mass is 79.9. The van der Waals surface area contributed by atoms with Gasteiger partial charge in [0.1, 0.15) is 5.82 Å². The standard InChI is InChI=1S/C19H19BrN4O/c1-19(2,3)15-12-17(24(23-15)16-6-4-5-11-21-16)22-18(25)13-7-9-14(20)10-8-13/h4-12H,1-3H3,(H,22,25). The van der Waals surface area contributed by atoms with Crippen LogP contribution in [0.1, 0.15) is 36.8 Å². The molecule has 0 aliphatic rings. The van der Waals surface area contributed by atoms with E-state index >= 15 is 0 Å². The average Bonchev–Trinajstić information content (AvgIpc) is 3.00. The molecular weight excluding hydrogens is 380 g/mol. The summed E-state index contributed by atoms with van der Waals surface area (Å²) in [4.78, 5) is 16.9. The lowest BCUT2D eigenvalue weighted by Gasteiger charge is -2.13. The van der Waals surface area contributed by atoms with Crippen molar-refractivity contribution in [3.05, 3.63) is 70.5 Å². The molecule has 0 fully saturated rings. The number of nitrogens with zero attached hydrogens (tertiary/aromatic N) is 3.